The molecule has 3 N–H and O–H groups in total. The van der Waals surface area contributed by atoms with E-state index >= 15 is 0 Å². The lowest BCUT2D eigenvalue weighted by atomic mass is 10.1. The molecule has 80 valence electrons. The van der Waals surface area contributed by atoms with E-state index in [-0.39, 0.29) is 11.5 Å². The highest BCUT2D eigenvalue weighted by Gasteiger charge is 2.14. The van der Waals surface area contributed by atoms with Crippen molar-refractivity contribution >= 4 is 11.5 Å². The number of nitrogens with zero attached hydrogens (tertiary/aromatic N) is 2. The summed E-state index contributed by atoms with van der Waals surface area (Å²) < 4.78 is 1.58. The van der Waals surface area contributed by atoms with Gasteiger partial charge in [0, 0.05) is 5.56 Å². The molecule has 2 aromatic heterocycles. The Kier molecular flexibility index (Phi) is 2.03. The van der Waals surface area contributed by atoms with Crippen LogP contribution in [0, 0.1) is 6.92 Å². The topological polar surface area (TPSA) is 76.2 Å². The predicted molar refractivity (Wildman–Crippen MR) is 59.1 cm³/mol. The smallest absolute Gasteiger partial charge is 0.256 e. The van der Waals surface area contributed by atoms with Crippen LogP contribution < -0.4 is 11.3 Å². The van der Waals surface area contributed by atoms with Crippen LogP contribution in [-0.4, -0.2) is 14.6 Å². The maximum Gasteiger partial charge on any atom is 0.256 e. The summed E-state index contributed by atoms with van der Waals surface area (Å²) in [5.41, 5.74) is 7.96. The van der Waals surface area contributed by atoms with Crippen molar-refractivity contribution in [3.05, 3.63) is 27.7 Å². The summed E-state index contributed by atoms with van der Waals surface area (Å²) in [6, 6.07) is 0. The predicted octanol–water partition coefficient (Wildman–Crippen LogP) is 1.04. The number of aromatic nitrogens is 3. The maximum atomic E-state index is 11.8. The molecule has 0 spiro atoms. The summed E-state index contributed by atoms with van der Waals surface area (Å²) in [4.78, 5) is 14.6. The van der Waals surface area contributed by atoms with Gasteiger partial charge in [0.2, 0.25) is 0 Å². The van der Waals surface area contributed by atoms with Crippen molar-refractivity contribution in [3.63, 3.8) is 0 Å². The Labute approximate surface area is 86.9 Å². The fraction of sp³-hybridized carbons (Fsp3) is 0.400. The molecule has 2 aromatic rings. The van der Waals surface area contributed by atoms with E-state index in [1.165, 1.54) is 0 Å². The highest BCUT2D eigenvalue weighted by Crippen LogP contribution is 2.18. The molecular formula is C10H14N4O. The second-order valence-electron chi connectivity index (χ2n) is 4.00. The van der Waals surface area contributed by atoms with Gasteiger partial charge in [-0.05, 0) is 12.8 Å². The largest absolute Gasteiger partial charge is 0.383 e. The SMILES string of the molecule is Cc1cnn2c(N)c(C(C)C)c(=O)[nH]c12. The lowest BCUT2D eigenvalue weighted by molar-refractivity contribution is 0.816. The number of rotatable bonds is 1. The second kappa shape index (κ2) is 3.12. The Balaban J connectivity index is 2.92. The lowest BCUT2D eigenvalue weighted by Gasteiger charge is -2.09. The number of nitrogens with two attached hydrogens (primary N) is 1. The monoisotopic (exact) mass is 206 g/mol. The van der Waals surface area contributed by atoms with Crippen molar-refractivity contribution in [2.45, 2.75) is 26.7 Å². The first-order valence-electron chi connectivity index (χ1n) is 4.88. The van der Waals surface area contributed by atoms with Crippen molar-refractivity contribution in [1.29, 1.82) is 0 Å². The number of nitrogens with one attached hydrogen (secondary N) is 1. The molecule has 0 aliphatic heterocycles. The normalized spacial score (nSPS) is 11.5. The van der Waals surface area contributed by atoms with E-state index in [0.29, 0.717) is 17.0 Å². The van der Waals surface area contributed by atoms with Gasteiger partial charge >= 0.3 is 0 Å². The van der Waals surface area contributed by atoms with E-state index in [9.17, 15) is 4.79 Å². The number of hydrogen-bond acceptors (Lipinski definition) is 3. The van der Waals surface area contributed by atoms with Crippen LogP contribution in [-0.2, 0) is 0 Å². The number of hydrogen-bond donors (Lipinski definition) is 2. The van der Waals surface area contributed by atoms with E-state index in [2.05, 4.69) is 10.1 Å². The van der Waals surface area contributed by atoms with Gasteiger partial charge in [0.05, 0.1) is 11.8 Å². The highest BCUT2D eigenvalue weighted by atomic mass is 16.1. The van der Waals surface area contributed by atoms with Gasteiger partial charge in [-0.1, -0.05) is 13.8 Å². The van der Waals surface area contributed by atoms with Crippen LogP contribution in [0.1, 0.15) is 30.9 Å². The first kappa shape index (κ1) is 9.76. The standard InChI is InChI=1S/C10H14N4O/c1-5(2)7-8(11)14-9(13-10(7)15)6(3)4-12-14/h4-5H,11H2,1-3H3,(H,13,15). The molecule has 0 aliphatic rings. The Morgan fingerprint density at radius 3 is 2.80 bits per heavy atom. The van der Waals surface area contributed by atoms with Gasteiger partial charge in [-0.2, -0.15) is 5.10 Å². The summed E-state index contributed by atoms with van der Waals surface area (Å²) in [6.07, 6.45) is 1.69. The van der Waals surface area contributed by atoms with Gasteiger partial charge in [0.1, 0.15) is 11.5 Å². The molecule has 0 amide bonds. The van der Waals surface area contributed by atoms with E-state index < -0.39 is 0 Å². The third-order valence-corrected chi connectivity index (χ3v) is 2.51. The summed E-state index contributed by atoms with van der Waals surface area (Å²) in [5, 5.41) is 4.12. The second-order valence-corrected chi connectivity index (χ2v) is 4.00. The van der Waals surface area contributed by atoms with Gasteiger partial charge in [0.25, 0.3) is 5.56 Å². The highest BCUT2D eigenvalue weighted by molar-refractivity contribution is 5.54. The molecule has 2 rings (SSSR count). The summed E-state index contributed by atoms with van der Waals surface area (Å²) in [6.45, 7) is 5.75. The van der Waals surface area contributed by atoms with Gasteiger partial charge in [-0.15, -0.1) is 0 Å². The average molecular weight is 206 g/mol. The molecule has 0 bridgehead atoms. The summed E-state index contributed by atoms with van der Waals surface area (Å²) >= 11 is 0. The molecule has 0 saturated carbocycles. The molecule has 0 aliphatic carbocycles. The molecule has 0 unspecified atom stereocenters. The fourth-order valence-corrected chi connectivity index (χ4v) is 1.73. The van der Waals surface area contributed by atoms with Crippen molar-refractivity contribution in [3.8, 4) is 0 Å². The van der Waals surface area contributed by atoms with Crippen LogP contribution in [0.2, 0.25) is 0 Å². The maximum absolute atomic E-state index is 11.8. The van der Waals surface area contributed by atoms with E-state index in [4.69, 9.17) is 5.73 Å². The Morgan fingerprint density at radius 2 is 2.20 bits per heavy atom. The van der Waals surface area contributed by atoms with Crippen molar-refractivity contribution < 1.29 is 0 Å². The zero-order valence-corrected chi connectivity index (χ0v) is 9.03. The van der Waals surface area contributed by atoms with Gasteiger partial charge in [-0.3, -0.25) is 4.79 Å². The van der Waals surface area contributed by atoms with Crippen LogP contribution in [0.4, 0.5) is 5.82 Å². The Hall–Kier alpha value is -1.78. The zero-order valence-electron chi connectivity index (χ0n) is 9.03. The van der Waals surface area contributed by atoms with Gasteiger partial charge in [0.15, 0.2) is 0 Å². The summed E-state index contributed by atoms with van der Waals surface area (Å²) in [7, 11) is 0. The van der Waals surface area contributed by atoms with Crippen LogP contribution in [0.25, 0.3) is 5.65 Å². The van der Waals surface area contributed by atoms with Crippen LogP contribution in [0.15, 0.2) is 11.0 Å². The number of fused-ring (bicyclic) bond motifs is 1. The molecular weight excluding hydrogens is 192 g/mol. The summed E-state index contributed by atoms with van der Waals surface area (Å²) in [5.74, 6) is 0.513. The number of aryl methyl sites for hydroxylation is 1. The number of anilines is 1. The number of H-pyrrole nitrogens is 1. The van der Waals surface area contributed by atoms with E-state index in [1.54, 1.807) is 10.7 Å². The minimum Gasteiger partial charge on any atom is -0.383 e. The zero-order chi connectivity index (χ0) is 11.2. The Morgan fingerprint density at radius 1 is 1.53 bits per heavy atom. The molecule has 15 heavy (non-hydrogen) atoms. The molecule has 0 atom stereocenters. The Bertz CT molecular complexity index is 565. The molecule has 0 fully saturated rings. The van der Waals surface area contributed by atoms with E-state index in [0.717, 1.165) is 5.56 Å². The minimum atomic E-state index is -0.126. The van der Waals surface area contributed by atoms with Crippen LogP contribution >= 0.6 is 0 Å². The molecule has 0 radical (unpaired) electrons. The third kappa shape index (κ3) is 1.31. The molecule has 5 heteroatoms. The molecule has 0 saturated heterocycles. The van der Waals surface area contributed by atoms with Crippen LogP contribution in [0.5, 0.6) is 0 Å². The molecule has 0 aromatic carbocycles. The first-order valence-corrected chi connectivity index (χ1v) is 4.88. The fourth-order valence-electron chi connectivity index (χ4n) is 1.73. The average Bonchev–Trinajstić information content (AvgIpc) is 2.47. The molecule has 5 nitrogen and oxygen atoms in total. The number of aromatic amines is 1. The van der Waals surface area contributed by atoms with Gasteiger partial charge < -0.3 is 10.7 Å². The van der Waals surface area contributed by atoms with Crippen LogP contribution in [0.3, 0.4) is 0 Å². The minimum absolute atomic E-state index is 0.0858. The number of nitrogen functional groups attached to an aromatic ring is 1. The van der Waals surface area contributed by atoms with Gasteiger partial charge in [-0.25, -0.2) is 4.52 Å². The molecule has 2 heterocycles. The van der Waals surface area contributed by atoms with Crippen molar-refractivity contribution in [1.82, 2.24) is 14.6 Å². The van der Waals surface area contributed by atoms with Crippen molar-refractivity contribution in [2.24, 2.45) is 0 Å². The lowest BCUT2D eigenvalue weighted by Crippen LogP contribution is -2.20. The first-order chi connectivity index (χ1) is 7.02. The quantitative estimate of drug-likeness (QED) is 0.731. The van der Waals surface area contributed by atoms with E-state index in [1.807, 2.05) is 20.8 Å². The van der Waals surface area contributed by atoms with Crippen molar-refractivity contribution in [2.75, 3.05) is 5.73 Å². The third-order valence-electron chi connectivity index (χ3n) is 2.51.